The molecule has 0 bridgehead atoms. The fraction of sp³-hybridized carbons (Fsp3) is 0.333. The Morgan fingerprint density at radius 1 is 1.37 bits per heavy atom. The Labute approximate surface area is 110 Å². The molecule has 0 unspecified atom stereocenters. The third-order valence-corrected chi connectivity index (χ3v) is 2.30. The van der Waals surface area contributed by atoms with E-state index in [4.69, 9.17) is 16.4 Å². The number of benzene rings is 1. The van der Waals surface area contributed by atoms with Crippen molar-refractivity contribution in [3.63, 3.8) is 0 Å². The van der Waals surface area contributed by atoms with Gasteiger partial charge in [0, 0.05) is 12.5 Å². The van der Waals surface area contributed by atoms with Crippen LogP contribution in [0.5, 0.6) is 11.5 Å². The fourth-order valence-corrected chi connectivity index (χ4v) is 1.34. The van der Waals surface area contributed by atoms with Crippen LogP contribution in [0.1, 0.15) is 12.0 Å². The lowest BCUT2D eigenvalue weighted by Crippen LogP contribution is -2.08. The topological polar surface area (TPSA) is 87.9 Å². The Bertz CT molecular complexity index is 485. The molecule has 0 aliphatic heterocycles. The molecule has 0 amide bonds. The van der Waals surface area contributed by atoms with Crippen LogP contribution in [0, 0.1) is 17.0 Å². The highest BCUT2D eigenvalue weighted by Gasteiger charge is 2.17. The van der Waals surface area contributed by atoms with Crippen molar-refractivity contribution >= 4 is 11.7 Å². The molecule has 0 spiro atoms. The molecule has 0 saturated heterocycles. The first-order valence-corrected chi connectivity index (χ1v) is 5.31. The Kier molecular flexibility index (Phi) is 5.11. The van der Waals surface area contributed by atoms with E-state index in [-0.39, 0.29) is 35.8 Å². The van der Waals surface area contributed by atoms with Crippen molar-refractivity contribution in [1.82, 2.24) is 0 Å². The summed E-state index contributed by atoms with van der Waals surface area (Å²) in [5.74, 6) is -0.0378. The summed E-state index contributed by atoms with van der Waals surface area (Å²) in [5.41, 5.74) is -0.309. The van der Waals surface area contributed by atoms with E-state index in [9.17, 15) is 14.9 Å². The summed E-state index contributed by atoms with van der Waals surface area (Å²) in [7, 11) is 2.64. The predicted octanol–water partition coefficient (Wildman–Crippen LogP) is 1.60. The van der Waals surface area contributed by atoms with Crippen LogP contribution in [0.2, 0.25) is 0 Å². The Hall–Kier alpha value is -2.31. The molecule has 0 atom stereocenters. The van der Waals surface area contributed by atoms with Gasteiger partial charge in [-0.25, -0.2) is 0 Å². The maximum atomic E-state index is 10.9. The SMILES string of the molecule is [CH]c1cc(OC)c(OCCC(=O)OC)cc1[N+](=O)[O-]. The number of ether oxygens (including phenoxy) is 3. The Balaban J connectivity index is 2.88. The summed E-state index contributed by atoms with van der Waals surface area (Å²) in [6, 6.07) is 2.46. The van der Waals surface area contributed by atoms with E-state index in [2.05, 4.69) is 4.74 Å². The van der Waals surface area contributed by atoms with Crippen LogP contribution in [-0.4, -0.2) is 31.7 Å². The lowest BCUT2D eigenvalue weighted by molar-refractivity contribution is -0.385. The molecule has 1 aromatic carbocycles. The van der Waals surface area contributed by atoms with Gasteiger partial charge in [0.05, 0.1) is 38.2 Å². The van der Waals surface area contributed by atoms with Gasteiger partial charge in [0.25, 0.3) is 5.69 Å². The first-order chi connectivity index (χ1) is 8.99. The molecule has 7 nitrogen and oxygen atoms in total. The zero-order valence-corrected chi connectivity index (χ0v) is 10.5. The molecule has 0 aromatic heterocycles. The number of rotatable bonds is 6. The van der Waals surface area contributed by atoms with Crippen molar-refractivity contribution < 1.29 is 23.9 Å². The van der Waals surface area contributed by atoms with Crippen molar-refractivity contribution in [2.24, 2.45) is 0 Å². The van der Waals surface area contributed by atoms with Gasteiger partial charge in [0.15, 0.2) is 11.5 Å². The minimum absolute atomic E-state index is 0.0180. The monoisotopic (exact) mass is 267 g/mol. The number of hydrogen-bond donors (Lipinski definition) is 0. The largest absolute Gasteiger partial charge is 0.493 e. The quantitative estimate of drug-likeness (QED) is 0.442. The van der Waals surface area contributed by atoms with E-state index >= 15 is 0 Å². The van der Waals surface area contributed by atoms with Gasteiger partial charge in [-0.15, -0.1) is 0 Å². The van der Waals surface area contributed by atoms with Crippen molar-refractivity contribution in [3.8, 4) is 11.5 Å². The molecule has 19 heavy (non-hydrogen) atoms. The average molecular weight is 267 g/mol. The number of nitro benzene ring substituents is 1. The minimum Gasteiger partial charge on any atom is -0.493 e. The smallest absolute Gasteiger partial charge is 0.308 e. The molecule has 0 aliphatic rings. The molecule has 1 rings (SSSR count). The lowest BCUT2D eigenvalue weighted by Gasteiger charge is -2.11. The maximum absolute atomic E-state index is 10.9. The van der Waals surface area contributed by atoms with Gasteiger partial charge >= 0.3 is 5.97 Å². The zero-order valence-electron chi connectivity index (χ0n) is 10.5. The second-order valence-corrected chi connectivity index (χ2v) is 3.49. The van der Waals surface area contributed by atoms with Crippen molar-refractivity contribution in [2.75, 3.05) is 20.8 Å². The van der Waals surface area contributed by atoms with Crippen molar-refractivity contribution in [3.05, 3.63) is 34.7 Å². The molecule has 0 fully saturated rings. The number of carbonyl (C=O) groups is 1. The van der Waals surface area contributed by atoms with E-state index in [1.54, 1.807) is 0 Å². The molecular formula is C12H13NO6. The van der Waals surface area contributed by atoms with Gasteiger partial charge in [-0.2, -0.15) is 0 Å². The van der Waals surface area contributed by atoms with Crippen LogP contribution in [0.15, 0.2) is 12.1 Å². The van der Waals surface area contributed by atoms with Crippen LogP contribution in [-0.2, 0) is 9.53 Å². The normalized spacial score (nSPS) is 9.84. The molecule has 102 valence electrons. The first-order valence-electron chi connectivity index (χ1n) is 5.31. The van der Waals surface area contributed by atoms with Gasteiger partial charge < -0.3 is 14.2 Å². The summed E-state index contributed by atoms with van der Waals surface area (Å²) < 4.78 is 14.7. The first kappa shape index (κ1) is 14.7. The summed E-state index contributed by atoms with van der Waals surface area (Å²) in [5, 5.41) is 10.8. The van der Waals surface area contributed by atoms with E-state index in [1.165, 1.54) is 20.3 Å². The highest BCUT2D eigenvalue weighted by atomic mass is 16.6. The Morgan fingerprint density at radius 3 is 2.58 bits per heavy atom. The van der Waals surface area contributed by atoms with Gasteiger partial charge in [0.2, 0.25) is 0 Å². The Morgan fingerprint density at radius 2 is 2.05 bits per heavy atom. The van der Waals surface area contributed by atoms with Crippen LogP contribution in [0.25, 0.3) is 0 Å². The van der Waals surface area contributed by atoms with E-state index < -0.39 is 10.9 Å². The zero-order chi connectivity index (χ0) is 14.4. The summed E-state index contributed by atoms with van der Waals surface area (Å²) in [6.07, 6.45) is 0.0256. The number of nitro groups is 1. The second-order valence-electron chi connectivity index (χ2n) is 3.49. The van der Waals surface area contributed by atoms with Crippen molar-refractivity contribution in [1.29, 1.82) is 0 Å². The number of carbonyl (C=O) groups excluding carboxylic acids is 1. The fourth-order valence-electron chi connectivity index (χ4n) is 1.34. The van der Waals surface area contributed by atoms with Crippen LogP contribution >= 0.6 is 0 Å². The third kappa shape index (κ3) is 3.84. The summed E-state index contributed by atoms with van der Waals surface area (Å²) >= 11 is 0. The molecule has 0 N–H and O–H groups in total. The van der Waals surface area contributed by atoms with E-state index in [0.717, 1.165) is 6.07 Å². The van der Waals surface area contributed by atoms with Crippen LogP contribution < -0.4 is 9.47 Å². The van der Waals surface area contributed by atoms with Gasteiger partial charge in [-0.3, -0.25) is 14.9 Å². The lowest BCUT2D eigenvalue weighted by atomic mass is 10.2. The second kappa shape index (κ2) is 6.58. The molecule has 0 aliphatic carbocycles. The molecule has 0 heterocycles. The van der Waals surface area contributed by atoms with E-state index in [0.29, 0.717) is 0 Å². The maximum Gasteiger partial charge on any atom is 0.308 e. The van der Waals surface area contributed by atoms with Crippen LogP contribution in [0.4, 0.5) is 5.69 Å². The molecule has 7 heteroatoms. The standard InChI is InChI=1S/C12H13NO6/c1-8-6-10(17-2)11(7-9(8)13(15)16)19-5-4-12(14)18-3/h1,6-7H,4-5H2,2-3H3. The number of hydrogen-bond acceptors (Lipinski definition) is 6. The number of methoxy groups -OCH3 is 2. The highest BCUT2D eigenvalue weighted by Crippen LogP contribution is 2.34. The summed E-state index contributed by atoms with van der Waals surface area (Å²) in [4.78, 5) is 21.1. The minimum atomic E-state index is -0.623. The molecule has 1 aromatic rings. The molecule has 2 radical (unpaired) electrons. The summed E-state index contributed by atoms with van der Waals surface area (Å²) in [6.45, 7) is 5.53. The van der Waals surface area contributed by atoms with Gasteiger partial charge in [-0.1, -0.05) is 0 Å². The number of esters is 1. The van der Waals surface area contributed by atoms with Crippen LogP contribution in [0.3, 0.4) is 0 Å². The highest BCUT2D eigenvalue weighted by molar-refractivity contribution is 5.69. The van der Waals surface area contributed by atoms with Gasteiger partial charge in [0.1, 0.15) is 0 Å². The third-order valence-electron chi connectivity index (χ3n) is 2.30. The number of nitrogens with zero attached hydrogens (tertiary/aromatic N) is 1. The predicted molar refractivity (Wildman–Crippen MR) is 65.2 cm³/mol. The molecule has 0 saturated carbocycles. The van der Waals surface area contributed by atoms with Gasteiger partial charge in [-0.05, 0) is 6.07 Å². The van der Waals surface area contributed by atoms with E-state index in [1.807, 2.05) is 0 Å². The average Bonchev–Trinajstić information content (AvgIpc) is 2.39. The van der Waals surface area contributed by atoms with Crippen molar-refractivity contribution in [2.45, 2.75) is 6.42 Å². The molecular weight excluding hydrogens is 254 g/mol.